The molecule has 0 amide bonds. The number of rotatable bonds is 2. The predicted molar refractivity (Wildman–Crippen MR) is 55.3 cm³/mol. The Morgan fingerprint density at radius 1 is 1.64 bits per heavy atom. The first-order valence-corrected chi connectivity index (χ1v) is 4.85. The van der Waals surface area contributed by atoms with Crippen molar-refractivity contribution >= 4 is 5.82 Å². The fourth-order valence-electron chi connectivity index (χ4n) is 1.58. The molecule has 1 atom stereocenters. The molecule has 1 aromatic rings. The third-order valence-electron chi connectivity index (χ3n) is 2.36. The second kappa shape index (κ2) is 4.39. The monoisotopic (exact) mass is 193 g/mol. The Balaban J connectivity index is 2.13. The highest BCUT2D eigenvalue weighted by Crippen LogP contribution is 2.17. The van der Waals surface area contributed by atoms with E-state index in [1.165, 1.54) is 5.56 Å². The zero-order valence-electron chi connectivity index (χ0n) is 8.29. The molecule has 0 spiro atoms. The SMILES string of the molecule is CNc1cc(C2COCCN2)ccn1. The fourth-order valence-corrected chi connectivity index (χ4v) is 1.58. The van der Waals surface area contributed by atoms with E-state index in [9.17, 15) is 0 Å². The summed E-state index contributed by atoms with van der Waals surface area (Å²) in [6, 6.07) is 4.37. The lowest BCUT2D eigenvalue weighted by Gasteiger charge is -2.24. The van der Waals surface area contributed by atoms with E-state index in [0.717, 1.165) is 25.6 Å². The van der Waals surface area contributed by atoms with Gasteiger partial charge in [0, 0.05) is 19.8 Å². The fraction of sp³-hybridized carbons (Fsp3) is 0.500. The van der Waals surface area contributed by atoms with Crippen LogP contribution in [0, 0.1) is 0 Å². The van der Waals surface area contributed by atoms with Gasteiger partial charge >= 0.3 is 0 Å². The van der Waals surface area contributed by atoms with E-state index in [1.54, 1.807) is 0 Å². The molecule has 2 heterocycles. The maximum absolute atomic E-state index is 5.41. The second-order valence-electron chi connectivity index (χ2n) is 3.31. The zero-order chi connectivity index (χ0) is 9.80. The number of hydrogen-bond donors (Lipinski definition) is 2. The lowest BCUT2D eigenvalue weighted by Crippen LogP contribution is -2.34. The lowest BCUT2D eigenvalue weighted by molar-refractivity contribution is 0.0769. The third-order valence-corrected chi connectivity index (χ3v) is 2.36. The Kier molecular flexibility index (Phi) is 2.96. The number of nitrogens with zero attached hydrogens (tertiary/aromatic N) is 1. The van der Waals surface area contributed by atoms with Crippen LogP contribution in [0.25, 0.3) is 0 Å². The molecule has 0 saturated carbocycles. The number of morpholine rings is 1. The minimum Gasteiger partial charge on any atom is -0.378 e. The first-order valence-electron chi connectivity index (χ1n) is 4.85. The van der Waals surface area contributed by atoms with Crippen molar-refractivity contribution in [3.8, 4) is 0 Å². The summed E-state index contributed by atoms with van der Waals surface area (Å²) in [5, 5.41) is 6.43. The summed E-state index contributed by atoms with van der Waals surface area (Å²) in [7, 11) is 1.87. The van der Waals surface area contributed by atoms with Crippen molar-refractivity contribution in [2.75, 3.05) is 32.1 Å². The molecule has 1 saturated heterocycles. The summed E-state index contributed by atoms with van der Waals surface area (Å²) in [6.45, 7) is 2.47. The quantitative estimate of drug-likeness (QED) is 0.728. The van der Waals surface area contributed by atoms with Gasteiger partial charge in [0.2, 0.25) is 0 Å². The molecule has 1 aliphatic rings. The first-order chi connectivity index (χ1) is 6.90. The standard InChI is InChI=1S/C10H15N3O/c1-11-10-6-8(2-3-13-10)9-7-14-5-4-12-9/h2-3,6,9,12H,4-5,7H2,1H3,(H,11,13). The van der Waals surface area contributed by atoms with Crippen LogP contribution in [-0.2, 0) is 4.74 Å². The maximum atomic E-state index is 5.41. The van der Waals surface area contributed by atoms with E-state index in [2.05, 4.69) is 15.6 Å². The minimum absolute atomic E-state index is 0.304. The van der Waals surface area contributed by atoms with E-state index in [-0.39, 0.29) is 0 Å². The summed E-state index contributed by atoms with van der Waals surface area (Å²) in [6.07, 6.45) is 1.82. The molecule has 0 radical (unpaired) electrons. The smallest absolute Gasteiger partial charge is 0.125 e. The van der Waals surface area contributed by atoms with Crippen molar-refractivity contribution in [1.82, 2.24) is 10.3 Å². The number of anilines is 1. The molecule has 0 aliphatic carbocycles. The van der Waals surface area contributed by atoms with E-state index in [0.29, 0.717) is 6.04 Å². The summed E-state index contributed by atoms with van der Waals surface area (Å²) in [4.78, 5) is 4.17. The number of pyridine rings is 1. The van der Waals surface area contributed by atoms with Gasteiger partial charge in [-0.15, -0.1) is 0 Å². The van der Waals surface area contributed by atoms with Crippen molar-refractivity contribution < 1.29 is 4.74 Å². The molecule has 1 aromatic heterocycles. The molecule has 14 heavy (non-hydrogen) atoms. The van der Waals surface area contributed by atoms with Crippen LogP contribution in [0.15, 0.2) is 18.3 Å². The van der Waals surface area contributed by atoms with Crippen LogP contribution >= 0.6 is 0 Å². The number of nitrogens with one attached hydrogen (secondary N) is 2. The topological polar surface area (TPSA) is 46.2 Å². The van der Waals surface area contributed by atoms with Crippen LogP contribution in [-0.4, -0.2) is 31.8 Å². The van der Waals surface area contributed by atoms with Crippen LogP contribution in [0.3, 0.4) is 0 Å². The van der Waals surface area contributed by atoms with Gasteiger partial charge in [-0.3, -0.25) is 0 Å². The van der Waals surface area contributed by atoms with E-state index < -0.39 is 0 Å². The lowest BCUT2D eigenvalue weighted by atomic mass is 10.1. The highest BCUT2D eigenvalue weighted by molar-refractivity contribution is 5.37. The largest absolute Gasteiger partial charge is 0.378 e. The number of hydrogen-bond acceptors (Lipinski definition) is 4. The van der Waals surface area contributed by atoms with Crippen LogP contribution < -0.4 is 10.6 Å². The molecule has 4 nitrogen and oxygen atoms in total. The van der Waals surface area contributed by atoms with Gasteiger partial charge in [0.1, 0.15) is 5.82 Å². The average Bonchev–Trinajstić information content (AvgIpc) is 2.30. The summed E-state index contributed by atoms with van der Waals surface area (Å²) in [5.41, 5.74) is 1.23. The molecule has 0 bridgehead atoms. The summed E-state index contributed by atoms with van der Waals surface area (Å²) < 4.78 is 5.41. The van der Waals surface area contributed by atoms with E-state index in [1.807, 2.05) is 25.4 Å². The van der Waals surface area contributed by atoms with Gasteiger partial charge in [-0.1, -0.05) is 0 Å². The predicted octanol–water partition coefficient (Wildman–Crippen LogP) is 0.784. The normalized spacial score (nSPS) is 21.9. The maximum Gasteiger partial charge on any atom is 0.125 e. The molecule has 1 unspecified atom stereocenters. The Bertz CT molecular complexity index is 297. The molecule has 4 heteroatoms. The Labute approximate surface area is 83.7 Å². The van der Waals surface area contributed by atoms with Crippen molar-refractivity contribution in [1.29, 1.82) is 0 Å². The highest BCUT2D eigenvalue weighted by Gasteiger charge is 2.15. The molecule has 1 aliphatic heterocycles. The molecule has 2 rings (SSSR count). The molecular formula is C10H15N3O. The second-order valence-corrected chi connectivity index (χ2v) is 3.31. The van der Waals surface area contributed by atoms with Crippen molar-refractivity contribution in [2.45, 2.75) is 6.04 Å². The van der Waals surface area contributed by atoms with E-state index in [4.69, 9.17) is 4.74 Å². The zero-order valence-corrected chi connectivity index (χ0v) is 8.29. The van der Waals surface area contributed by atoms with E-state index >= 15 is 0 Å². The van der Waals surface area contributed by atoms with Gasteiger partial charge in [0.25, 0.3) is 0 Å². The van der Waals surface area contributed by atoms with Crippen LogP contribution in [0.4, 0.5) is 5.82 Å². The van der Waals surface area contributed by atoms with Gasteiger partial charge < -0.3 is 15.4 Å². The Morgan fingerprint density at radius 3 is 3.29 bits per heavy atom. The Hall–Kier alpha value is -1.13. The average molecular weight is 193 g/mol. The van der Waals surface area contributed by atoms with Crippen molar-refractivity contribution in [3.05, 3.63) is 23.9 Å². The number of ether oxygens (including phenoxy) is 1. The molecule has 2 N–H and O–H groups in total. The van der Waals surface area contributed by atoms with Gasteiger partial charge in [0.05, 0.1) is 19.3 Å². The number of aromatic nitrogens is 1. The van der Waals surface area contributed by atoms with Crippen molar-refractivity contribution in [3.63, 3.8) is 0 Å². The van der Waals surface area contributed by atoms with Gasteiger partial charge in [-0.05, 0) is 17.7 Å². The molecule has 1 fully saturated rings. The van der Waals surface area contributed by atoms with Gasteiger partial charge in [-0.2, -0.15) is 0 Å². The summed E-state index contributed by atoms with van der Waals surface area (Å²) >= 11 is 0. The molecule has 0 aromatic carbocycles. The van der Waals surface area contributed by atoms with Crippen LogP contribution in [0.1, 0.15) is 11.6 Å². The minimum atomic E-state index is 0.304. The van der Waals surface area contributed by atoms with Crippen LogP contribution in [0.2, 0.25) is 0 Å². The van der Waals surface area contributed by atoms with Gasteiger partial charge in [-0.25, -0.2) is 4.98 Å². The third kappa shape index (κ3) is 2.02. The first kappa shape index (κ1) is 9.43. The van der Waals surface area contributed by atoms with Crippen molar-refractivity contribution in [2.24, 2.45) is 0 Å². The highest BCUT2D eigenvalue weighted by atomic mass is 16.5. The summed E-state index contributed by atoms with van der Waals surface area (Å²) in [5.74, 6) is 0.898. The Morgan fingerprint density at radius 2 is 2.57 bits per heavy atom. The molecule has 76 valence electrons. The van der Waals surface area contributed by atoms with Crippen LogP contribution in [0.5, 0.6) is 0 Å². The van der Waals surface area contributed by atoms with Gasteiger partial charge in [0.15, 0.2) is 0 Å². The molecular weight excluding hydrogens is 178 g/mol.